The van der Waals surface area contributed by atoms with Crippen molar-refractivity contribution in [2.45, 2.75) is 25.8 Å². The molecule has 3 amide bonds. The highest BCUT2D eigenvalue weighted by molar-refractivity contribution is 6.09. The number of likely N-dealkylation sites (tertiary alicyclic amines) is 1. The molecule has 1 heterocycles. The van der Waals surface area contributed by atoms with E-state index in [0.717, 1.165) is 11.3 Å². The van der Waals surface area contributed by atoms with Gasteiger partial charge in [-0.25, -0.2) is 0 Å². The van der Waals surface area contributed by atoms with Crippen molar-refractivity contribution >= 4 is 17.7 Å². The molecule has 2 N–H and O–H groups in total. The summed E-state index contributed by atoms with van der Waals surface area (Å²) < 4.78 is 0. The Morgan fingerprint density at radius 3 is 2.22 bits per heavy atom. The number of fused-ring (bicyclic) bond motifs is 5. The molecule has 1 saturated heterocycles. The van der Waals surface area contributed by atoms with Crippen LogP contribution < -0.4 is 5.73 Å². The van der Waals surface area contributed by atoms with Crippen molar-refractivity contribution in [3.05, 3.63) is 12.2 Å². The summed E-state index contributed by atoms with van der Waals surface area (Å²) in [7, 11) is 0. The van der Waals surface area contributed by atoms with Crippen LogP contribution in [0, 0.1) is 23.7 Å². The highest BCUT2D eigenvalue weighted by atomic mass is 16.2. The van der Waals surface area contributed by atoms with E-state index in [1.54, 1.807) is 6.92 Å². The van der Waals surface area contributed by atoms with Crippen molar-refractivity contribution in [3.8, 4) is 0 Å². The third-order valence-corrected chi connectivity index (χ3v) is 4.53. The number of carbonyl (C=O) groups excluding carboxylic acids is 3. The first kappa shape index (κ1) is 11.4. The predicted octanol–water partition coefficient (Wildman–Crippen LogP) is 0.0574. The molecular formula is C13H16N2O3. The third-order valence-electron chi connectivity index (χ3n) is 4.53. The number of nitrogens with zero attached hydrogens (tertiary/aromatic N) is 1. The SMILES string of the molecule is CCC(C(N)=O)N1C(=O)C2C3C=CC(C3)C2C1=O. The number of primary amides is 1. The molecule has 5 nitrogen and oxygen atoms in total. The Hall–Kier alpha value is -1.65. The van der Waals surface area contributed by atoms with Crippen molar-refractivity contribution in [3.63, 3.8) is 0 Å². The Kier molecular flexibility index (Phi) is 2.33. The van der Waals surface area contributed by atoms with Crippen LogP contribution in [0.4, 0.5) is 0 Å². The lowest BCUT2D eigenvalue weighted by Gasteiger charge is -2.24. The molecule has 0 spiro atoms. The van der Waals surface area contributed by atoms with Crippen LogP contribution >= 0.6 is 0 Å². The predicted molar refractivity (Wildman–Crippen MR) is 62.8 cm³/mol. The van der Waals surface area contributed by atoms with Gasteiger partial charge in [0.2, 0.25) is 17.7 Å². The first-order valence-electron chi connectivity index (χ1n) is 6.40. The van der Waals surface area contributed by atoms with Crippen LogP contribution in [0.2, 0.25) is 0 Å². The van der Waals surface area contributed by atoms with E-state index in [4.69, 9.17) is 5.73 Å². The molecule has 2 fully saturated rings. The molecule has 18 heavy (non-hydrogen) atoms. The van der Waals surface area contributed by atoms with Crippen LogP contribution in [0.15, 0.2) is 12.2 Å². The Balaban J connectivity index is 1.94. The topological polar surface area (TPSA) is 80.5 Å². The number of allylic oxidation sites excluding steroid dienone is 2. The van der Waals surface area contributed by atoms with E-state index in [1.807, 2.05) is 12.2 Å². The van der Waals surface area contributed by atoms with Gasteiger partial charge in [0, 0.05) is 0 Å². The Morgan fingerprint density at radius 1 is 1.33 bits per heavy atom. The van der Waals surface area contributed by atoms with E-state index in [0.29, 0.717) is 6.42 Å². The van der Waals surface area contributed by atoms with E-state index in [1.165, 1.54) is 0 Å². The van der Waals surface area contributed by atoms with Gasteiger partial charge in [0.05, 0.1) is 11.8 Å². The standard InChI is InChI=1S/C13H16N2O3/c1-2-8(11(14)16)15-12(17)9-6-3-4-7(5-6)10(9)13(15)18/h3-4,6-10H,2,5H2,1H3,(H2,14,16). The molecule has 2 bridgehead atoms. The lowest BCUT2D eigenvalue weighted by molar-refractivity contribution is -0.147. The van der Waals surface area contributed by atoms with Gasteiger partial charge in [0.25, 0.3) is 0 Å². The first-order valence-corrected chi connectivity index (χ1v) is 6.40. The van der Waals surface area contributed by atoms with E-state index < -0.39 is 11.9 Å². The number of hydrogen-bond acceptors (Lipinski definition) is 3. The molecule has 0 aromatic heterocycles. The minimum absolute atomic E-state index is 0.173. The molecule has 5 heteroatoms. The number of amides is 3. The fraction of sp³-hybridized carbons (Fsp3) is 0.615. The molecule has 3 rings (SSSR count). The lowest BCUT2D eigenvalue weighted by atomic mass is 9.85. The Bertz CT molecular complexity index is 441. The van der Waals surface area contributed by atoms with Crippen molar-refractivity contribution in [1.82, 2.24) is 4.90 Å². The monoisotopic (exact) mass is 248 g/mol. The molecular weight excluding hydrogens is 232 g/mol. The molecule has 0 aromatic carbocycles. The van der Waals surface area contributed by atoms with Gasteiger partial charge < -0.3 is 5.73 Å². The fourth-order valence-corrected chi connectivity index (χ4v) is 3.74. The summed E-state index contributed by atoms with van der Waals surface area (Å²) in [5.74, 6) is -1.15. The smallest absolute Gasteiger partial charge is 0.240 e. The summed E-state index contributed by atoms with van der Waals surface area (Å²) in [6.45, 7) is 1.76. The molecule has 2 aliphatic carbocycles. The van der Waals surface area contributed by atoms with E-state index in [9.17, 15) is 14.4 Å². The summed E-state index contributed by atoms with van der Waals surface area (Å²) in [6.07, 6.45) is 5.35. The third kappa shape index (κ3) is 1.24. The number of rotatable bonds is 3. The quantitative estimate of drug-likeness (QED) is 0.566. The van der Waals surface area contributed by atoms with Crippen LogP contribution in [-0.4, -0.2) is 28.7 Å². The molecule has 3 aliphatic rings. The second kappa shape index (κ2) is 3.67. The van der Waals surface area contributed by atoms with Gasteiger partial charge >= 0.3 is 0 Å². The van der Waals surface area contributed by atoms with Crippen molar-refractivity contribution in [2.75, 3.05) is 0 Å². The molecule has 1 saturated carbocycles. The van der Waals surface area contributed by atoms with Crippen LogP contribution in [0.5, 0.6) is 0 Å². The lowest BCUT2D eigenvalue weighted by Crippen LogP contribution is -2.48. The second-order valence-corrected chi connectivity index (χ2v) is 5.37. The average Bonchev–Trinajstić information content (AvgIpc) is 2.98. The zero-order chi connectivity index (χ0) is 13.0. The van der Waals surface area contributed by atoms with Gasteiger partial charge in [-0.1, -0.05) is 19.1 Å². The van der Waals surface area contributed by atoms with E-state index in [2.05, 4.69) is 0 Å². The van der Waals surface area contributed by atoms with Gasteiger partial charge in [-0.3, -0.25) is 19.3 Å². The van der Waals surface area contributed by atoms with Gasteiger partial charge in [-0.2, -0.15) is 0 Å². The summed E-state index contributed by atoms with van der Waals surface area (Å²) in [5, 5.41) is 0. The number of nitrogens with two attached hydrogens (primary N) is 1. The first-order chi connectivity index (χ1) is 8.56. The maximum Gasteiger partial charge on any atom is 0.240 e. The van der Waals surface area contributed by atoms with Gasteiger partial charge in [-0.15, -0.1) is 0 Å². The Morgan fingerprint density at radius 2 is 1.83 bits per heavy atom. The summed E-state index contributed by atoms with van der Waals surface area (Å²) >= 11 is 0. The van der Waals surface area contributed by atoms with Gasteiger partial charge in [-0.05, 0) is 24.7 Å². The molecule has 1 aliphatic heterocycles. The van der Waals surface area contributed by atoms with Crippen LogP contribution in [0.1, 0.15) is 19.8 Å². The number of hydrogen-bond donors (Lipinski definition) is 1. The van der Waals surface area contributed by atoms with Crippen molar-refractivity contribution < 1.29 is 14.4 Å². The molecule has 5 unspecified atom stereocenters. The minimum atomic E-state index is -0.782. The summed E-state index contributed by atoms with van der Waals surface area (Å²) in [6, 6.07) is -0.782. The fourth-order valence-electron chi connectivity index (χ4n) is 3.74. The van der Waals surface area contributed by atoms with Crippen molar-refractivity contribution in [1.29, 1.82) is 0 Å². The molecule has 96 valence electrons. The van der Waals surface area contributed by atoms with E-state index >= 15 is 0 Å². The van der Waals surface area contributed by atoms with Crippen LogP contribution in [-0.2, 0) is 14.4 Å². The summed E-state index contributed by atoms with van der Waals surface area (Å²) in [5.41, 5.74) is 5.29. The zero-order valence-corrected chi connectivity index (χ0v) is 10.2. The highest BCUT2D eigenvalue weighted by Crippen LogP contribution is 2.52. The molecule has 5 atom stereocenters. The minimum Gasteiger partial charge on any atom is -0.368 e. The van der Waals surface area contributed by atoms with Crippen molar-refractivity contribution in [2.24, 2.45) is 29.4 Å². The average molecular weight is 248 g/mol. The van der Waals surface area contributed by atoms with E-state index in [-0.39, 0.29) is 35.5 Å². The Labute approximate surface area is 105 Å². The zero-order valence-electron chi connectivity index (χ0n) is 10.2. The van der Waals surface area contributed by atoms with Crippen LogP contribution in [0.3, 0.4) is 0 Å². The number of imide groups is 1. The van der Waals surface area contributed by atoms with Gasteiger partial charge in [0.1, 0.15) is 6.04 Å². The maximum absolute atomic E-state index is 12.4. The summed E-state index contributed by atoms with van der Waals surface area (Å²) in [4.78, 5) is 37.2. The second-order valence-electron chi connectivity index (χ2n) is 5.37. The highest BCUT2D eigenvalue weighted by Gasteiger charge is 2.60. The molecule has 0 radical (unpaired) electrons. The van der Waals surface area contributed by atoms with Gasteiger partial charge in [0.15, 0.2) is 0 Å². The molecule has 0 aromatic rings. The number of carbonyl (C=O) groups is 3. The normalized spacial score (nSPS) is 38.4. The van der Waals surface area contributed by atoms with Crippen LogP contribution in [0.25, 0.3) is 0 Å². The maximum atomic E-state index is 12.4. The largest absolute Gasteiger partial charge is 0.368 e.